The number of fused-ring (bicyclic) bond motifs is 1. The second-order valence-electron chi connectivity index (χ2n) is 7.57. The Morgan fingerprint density at radius 2 is 2.03 bits per heavy atom. The topological polar surface area (TPSA) is 90.0 Å². The van der Waals surface area contributed by atoms with Crippen LogP contribution in [-0.2, 0) is 5.75 Å². The molecule has 170 valence electrons. The van der Waals surface area contributed by atoms with Gasteiger partial charge in [-0.25, -0.2) is 14.1 Å². The molecule has 0 unspecified atom stereocenters. The average Bonchev–Trinajstić information content (AvgIpc) is 3.09. The molecular weight excluding hydrogens is 483 g/mol. The molecule has 33 heavy (non-hydrogen) atoms. The van der Waals surface area contributed by atoms with Gasteiger partial charge in [0.2, 0.25) is 0 Å². The lowest BCUT2D eigenvalue weighted by molar-refractivity contribution is 0.103. The predicted molar refractivity (Wildman–Crippen MR) is 134 cm³/mol. The number of rotatable bonds is 5. The van der Waals surface area contributed by atoms with Gasteiger partial charge in [0, 0.05) is 22.0 Å². The fourth-order valence-electron chi connectivity index (χ4n) is 3.44. The summed E-state index contributed by atoms with van der Waals surface area (Å²) < 4.78 is 15.0. The number of thioether (sulfide) groups is 1. The zero-order valence-corrected chi connectivity index (χ0v) is 20.4. The molecule has 0 atom stereocenters. The summed E-state index contributed by atoms with van der Waals surface area (Å²) in [5.41, 5.74) is 3.08. The molecule has 0 saturated carbocycles. The van der Waals surface area contributed by atoms with E-state index in [0.717, 1.165) is 38.9 Å². The number of nitrogen functional groups attached to an aromatic ring is 1. The number of aromatic nitrogens is 2. The first-order valence-electron chi connectivity index (χ1n) is 9.93. The van der Waals surface area contributed by atoms with Crippen LogP contribution >= 0.6 is 34.7 Å². The number of benzene rings is 2. The van der Waals surface area contributed by atoms with Crippen molar-refractivity contribution in [1.82, 2.24) is 9.66 Å². The summed E-state index contributed by atoms with van der Waals surface area (Å²) in [5, 5.41) is 3.69. The van der Waals surface area contributed by atoms with Crippen LogP contribution in [0.5, 0.6) is 0 Å². The molecule has 0 aliphatic heterocycles. The van der Waals surface area contributed by atoms with Gasteiger partial charge in [-0.15, -0.1) is 11.3 Å². The zero-order valence-electron chi connectivity index (χ0n) is 18.0. The Kier molecular flexibility index (Phi) is 6.47. The number of thiophene rings is 1. The Hall–Kier alpha value is -2.88. The maximum Gasteiger partial charge on any atom is 0.281 e. The number of halogens is 2. The lowest BCUT2D eigenvalue weighted by Crippen LogP contribution is -2.29. The largest absolute Gasteiger partial charge is 0.334 e. The van der Waals surface area contributed by atoms with Gasteiger partial charge in [-0.05, 0) is 50.1 Å². The first kappa shape index (κ1) is 23.3. The first-order chi connectivity index (χ1) is 15.7. The summed E-state index contributed by atoms with van der Waals surface area (Å²) in [4.78, 5) is 31.2. The Balaban J connectivity index is 1.67. The molecule has 0 radical (unpaired) electrons. The van der Waals surface area contributed by atoms with E-state index in [1.54, 1.807) is 13.0 Å². The standard InChI is InChI=1S/C23H20ClFN4O2S2/c1-11-7-8-17(12(2)9-11)27-20(30)19-13(3)18-21(33-19)28-23(29(26)22(18)31)32-10-14-15(24)5-4-6-16(14)25/h4-9H,10,26H2,1-3H3,(H,27,30). The molecule has 3 N–H and O–H groups in total. The molecule has 0 saturated heterocycles. The fourth-order valence-corrected chi connectivity index (χ4v) is 5.81. The van der Waals surface area contributed by atoms with Crippen molar-refractivity contribution < 1.29 is 9.18 Å². The van der Waals surface area contributed by atoms with Gasteiger partial charge in [-0.2, -0.15) is 0 Å². The number of amides is 1. The van der Waals surface area contributed by atoms with Gasteiger partial charge in [0.05, 0.1) is 10.3 Å². The predicted octanol–water partition coefficient (Wildman–Crippen LogP) is 5.43. The SMILES string of the molecule is Cc1ccc(NC(=O)c2sc3nc(SCc4c(F)cccc4Cl)n(N)c(=O)c3c2C)c(C)c1. The van der Waals surface area contributed by atoms with Crippen LogP contribution in [0.25, 0.3) is 10.2 Å². The highest BCUT2D eigenvalue weighted by molar-refractivity contribution is 7.98. The first-order valence-corrected chi connectivity index (χ1v) is 12.1. The molecule has 10 heteroatoms. The number of nitrogens with zero attached hydrogens (tertiary/aromatic N) is 2. The summed E-state index contributed by atoms with van der Waals surface area (Å²) in [6, 6.07) is 10.2. The van der Waals surface area contributed by atoms with Crippen molar-refractivity contribution in [2.45, 2.75) is 31.7 Å². The van der Waals surface area contributed by atoms with Crippen LogP contribution in [0.15, 0.2) is 46.3 Å². The van der Waals surface area contributed by atoms with E-state index >= 15 is 0 Å². The second-order valence-corrected chi connectivity index (χ2v) is 9.92. The minimum absolute atomic E-state index is 0.144. The molecule has 0 fully saturated rings. The molecule has 0 spiro atoms. The molecule has 0 aliphatic rings. The number of carbonyl (C=O) groups is 1. The van der Waals surface area contributed by atoms with Crippen LogP contribution in [0.3, 0.4) is 0 Å². The summed E-state index contributed by atoms with van der Waals surface area (Å²) in [5.74, 6) is 5.38. The van der Waals surface area contributed by atoms with E-state index in [0.29, 0.717) is 31.9 Å². The normalized spacial score (nSPS) is 11.2. The number of anilines is 1. The molecular formula is C23H20ClFN4O2S2. The zero-order chi connectivity index (χ0) is 23.9. The summed E-state index contributed by atoms with van der Waals surface area (Å²) in [6.07, 6.45) is 0. The average molecular weight is 503 g/mol. The van der Waals surface area contributed by atoms with Crippen molar-refractivity contribution in [1.29, 1.82) is 0 Å². The maximum absolute atomic E-state index is 14.1. The monoisotopic (exact) mass is 502 g/mol. The molecule has 2 heterocycles. The number of hydrogen-bond acceptors (Lipinski definition) is 6. The van der Waals surface area contributed by atoms with E-state index in [-0.39, 0.29) is 21.8 Å². The number of aryl methyl sites for hydroxylation is 3. The summed E-state index contributed by atoms with van der Waals surface area (Å²) in [7, 11) is 0. The molecule has 2 aromatic carbocycles. The van der Waals surface area contributed by atoms with Crippen molar-refractivity contribution in [2.75, 3.05) is 11.2 Å². The summed E-state index contributed by atoms with van der Waals surface area (Å²) in [6.45, 7) is 5.60. The van der Waals surface area contributed by atoms with Crippen molar-refractivity contribution in [3.8, 4) is 0 Å². The van der Waals surface area contributed by atoms with E-state index in [2.05, 4.69) is 10.3 Å². The second kappa shape index (κ2) is 9.17. The number of hydrogen-bond donors (Lipinski definition) is 2. The minimum atomic E-state index is -0.471. The van der Waals surface area contributed by atoms with E-state index in [9.17, 15) is 14.0 Å². The Labute approximate surface area is 202 Å². The van der Waals surface area contributed by atoms with Crippen molar-refractivity contribution >= 4 is 56.5 Å². The van der Waals surface area contributed by atoms with Gasteiger partial charge in [-0.3, -0.25) is 9.59 Å². The van der Waals surface area contributed by atoms with Crippen LogP contribution in [0, 0.1) is 26.6 Å². The lowest BCUT2D eigenvalue weighted by atomic mass is 10.1. The Bertz CT molecular complexity index is 1450. The van der Waals surface area contributed by atoms with Gasteiger partial charge in [0.1, 0.15) is 10.6 Å². The van der Waals surface area contributed by atoms with Crippen LogP contribution in [-0.4, -0.2) is 15.6 Å². The van der Waals surface area contributed by atoms with Crippen molar-refractivity contribution in [2.24, 2.45) is 0 Å². The Morgan fingerprint density at radius 3 is 2.73 bits per heavy atom. The summed E-state index contributed by atoms with van der Waals surface area (Å²) >= 11 is 8.31. The highest BCUT2D eigenvalue weighted by Gasteiger charge is 2.22. The maximum atomic E-state index is 14.1. The molecule has 0 bridgehead atoms. The van der Waals surface area contributed by atoms with Crippen molar-refractivity contribution in [3.63, 3.8) is 0 Å². The van der Waals surface area contributed by atoms with E-state index in [1.165, 1.54) is 12.1 Å². The third kappa shape index (κ3) is 4.48. The highest BCUT2D eigenvalue weighted by atomic mass is 35.5. The van der Waals surface area contributed by atoms with E-state index in [4.69, 9.17) is 17.4 Å². The number of carbonyl (C=O) groups excluding carboxylic acids is 1. The van der Waals surface area contributed by atoms with Gasteiger partial charge in [0.15, 0.2) is 5.16 Å². The quantitative estimate of drug-likeness (QED) is 0.215. The smallest absolute Gasteiger partial charge is 0.281 e. The number of nitrogens with two attached hydrogens (primary N) is 1. The van der Waals surface area contributed by atoms with E-state index in [1.807, 2.05) is 32.0 Å². The Morgan fingerprint density at radius 1 is 1.27 bits per heavy atom. The van der Waals surface area contributed by atoms with Crippen molar-refractivity contribution in [3.05, 3.63) is 84.7 Å². The van der Waals surface area contributed by atoms with Gasteiger partial charge >= 0.3 is 0 Å². The van der Waals surface area contributed by atoms with Crippen LogP contribution < -0.4 is 16.7 Å². The van der Waals surface area contributed by atoms with Gasteiger partial charge in [-0.1, -0.05) is 47.1 Å². The van der Waals surface area contributed by atoms with Crippen LogP contribution in [0.2, 0.25) is 5.02 Å². The fraction of sp³-hybridized carbons (Fsp3) is 0.174. The molecule has 6 nitrogen and oxygen atoms in total. The molecule has 1 amide bonds. The molecule has 4 rings (SSSR count). The third-order valence-corrected chi connectivity index (χ3v) is 7.73. The lowest BCUT2D eigenvalue weighted by Gasteiger charge is -2.09. The molecule has 0 aliphatic carbocycles. The molecule has 2 aromatic heterocycles. The van der Waals surface area contributed by atoms with Gasteiger partial charge < -0.3 is 11.2 Å². The van der Waals surface area contributed by atoms with Crippen LogP contribution in [0.1, 0.15) is 31.9 Å². The minimum Gasteiger partial charge on any atom is -0.334 e. The molecule has 4 aromatic rings. The number of nitrogens with one attached hydrogen (secondary N) is 1. The van der Waals surface area contributed by atoms with Gasteiger partial charge in [0.25, 0.3) is 11.5 Å². The van der Waals surface area contributed by atoms with Crippen LogP contribution in [0.4, 0.5) is 10.1 Å². The highest BCUT2D eigenvalue weighted by Crippen LogP contribution is 2.32. The van der Waals surface area contributed by atoms with E-state index < -0.39 is 11.4 Å². The third-order valence-electron chi connectivity index (χ3n) is 5.21.